The molecular formula is C28H28FN5O2. The van der Waals surface area contributed by atoms with Crippen LogP contribution in [-0.2, 0) is 4.79 Å². The number of carbonyl (C=O) groups is 2. The van der Waals surface area contributed by atoms with Gasteiger partial charge < -0.3 is 20.5 Å². The fourth-order valence-electron chi connectivity index (χ4n) is 4.46. The van der Waals surface area contributed by atoms with Crippen molar-refractivity contribution in [2.24, 2.45) is 0 Å². The van der Waals surface area contributed by atoms with E-state index in [2.05, 4.69) is 40.4 Å². The van der Waals surface area contributed by atoms with Gasteiger partial charge in [0.25, 0.3) is 11.8 Å². The lowest BCUT2D eigenvalue weighted by Gasteiger charge is -2.18. The number of halogens is 1. The van der Waals surface area contributed by atoms with Gasteiger partial charge in [0.2, 0.25) is 0 Å². The van der Waals surface area contributed by atoms with E-state index < -0.39 is 5.82 Å². The molecule has 0 fully saturated rings. The summed E-state index contributed by atoms with van der Waals surface area (Å²) >= 11 is 0. The highest BCUT2D eigenvalue weighted by Gasteiger charge is 2.27. The Bertz CT molecular complexity index is 1380. The molecule has 0 bridgehead atoms. The van der Waals surface area contributed by atoms with Crippen LogP contribution in [0.25, 0.3) is 22.8 Å². The molecule has 8 heteroatoms. The predicted octanol–water partition coefficient (Wildman–Crippen LogP) is 4.57. The molecule has 1 aromatic heterocycles. The lowest BCUT2D eigenvalue weighted by Crippen LogP contribution is -2.35. The second-order valence-electron chi connectivity index (χ2n) is 8.59. The van der Waals surface area contributed by atoms with Gasteiger partial charge in [0, 0.05) is 41.3 Å². The van der Waals surface area contributed by atoms with Crippen LogP contribution in [0.3, 0.4) is 0 Å². The molecule has 0 spiro atoms. The minimum atomic E-state index is -0.445. The Hall–Kier alpha value is -4.22. The first-order chi connectivity index (χ1) is 17.4. The van der Waals surface area contributed by atoms with Crippen molar-refractivity contribution in [3.8, 4) is 17.2 Å². The van der Waals surface area contributed by atoms with E-state index in [1.54, 1.807) is 37.3 Å². The van der Waals surface area contributed by atoms with Gasteiger partial charge in [-0.25, -0.2) is 4.39 Å². The summed E-state index contributed by atoms with van der Waals surface area (Å²) in [7, 11) is 0. The summed E-state index contributed by atoms with van der Waals surface area (Å²) < 4.78 is 14.0. The summed E-state index contributed by atoms with van der Waals surface area (Å²) in [6, 6.07) is 13.2. The number of carbonyl (C=O) groups excluding carboxylic acids is 2. The van der Waals surface area contributed by atoms with Crippen molar-refractivity contribution in [2.75, 3.05) is 31.5 Å². The smallest absolute Gasteiger partial charge is 0.256 e. The van der Waals surface area contributed by atoms with Crippen molar-refractivity contribution < 1.29 is 14.0 Å². The van der Waals surface area contributed by atoms with Crippen molar-refractivity contribution in [2.45, 2.75) is 20.8 Å². The minimum absolute atomic E-state index is 0.234. The van der Waals surface area contributed by atoms with Crippen molar-refractivity contribution in [3.05, 3.63) is 76.4 Å². The molecule has 4 rings (SSSR count). The Morgan fingerprint density at radius 1 is 1.17 bits per heavy atom. The fraction of sp³-hybridized carbons (Fsp3) is 0.250. The Morgan fingerprint density at radius 3 is 2.56 bits per heavy atom. The van der Waals surface area contributed by atoms with E-state index in [0.717, 1.165) is 25.2 Å². The zero-order valence-electron chi connectivity index (χ0n) is 20.5. The predicted molar refractivity (Wildman–Crippen MR) is 139 cm³/mol. The van der Waals surface area contributed by atoms with Crippen LogP contribution in [0, 0.1) is 24.1 Å². The Kier molecular flexibility index (Phi) is 7.32. The van der Waals surface area contributed by atoms with Crippen LogP contribution in [0.4, 0.5) is 10.1 Å². The van der Waals surface area contributed by atoms with Gasteiger partial charge in [-0.1, -0.05) is 26.0 Å². The van der Waals surface area contributed by atoms with Gasteiger partial charge in [0.05, 0.1) is 22.8 Å². The number of anilines is 1. The molecule has 3 aromatic rings. The van der Waals surface area contributed by atoms with Crippen LogP contribution in [-0.4, -0.2) is 47.9 Å². The summed E-state index contributed by atoms with van der Waals surface area (Å²) in [5, 5.41) is 15.0. The normalized spacial score (nSPS) is 13.6. The molecule has 36 heavy (non-hydrogen) atoms. The minimum Gasteiger partial charge on any atom is -0.358 e. The molecule has 0 saturated heterocycles. The van der Waals surface area contributed by atoms with E-state index in [1.807, 2.05) is 0 Å². The summed E-state index contributed by atoms with van der Waals surface area (Å²) in [5.41, 5.74) is 4.77. The van der Waals surface area contributed by atoms with Crippen LogP contribution >= 0.6 is 0 Å². The fourth-order valence-corrected chi connectivity index (χ4v) is 4.46. The topological polar surface area (TPSA) is 101 Å². The number of nitrogens with one attached hydrogen (secondary N) is 3. The number of aryl methyl sites for hydroxylation is 1. The van der Waals surface area contributed by atoms with Gasteiger partial charge >= 0.3 is 0 Å². The molecule has 0 saturated carbocycles. The molecule has 2 amide bonds. The molecule has 0 atom stereocenters. The molecule has 2 aromatic carbocycles. The van der Waals surface area contributed by atoms with Gasteiger partial charge in [0.1, 0.15) is 5.82 Å². The summed E-state index contributed by atoms with van der Waals surface area (Å²) in [5.74, 6) is -1.03. The summed E-state index contributed by atoms with van der Waals surface area (Å²) in [6.07, 6.45) is 1.65. The third-order valence-electron chi connectivity index (χ3n) is 6.41. The van der Waals surface area contributed by atoms with Crippen LogP contribution < -0.4 is 10.6 Å². The van der Waals surface area contributed by atoms with Crippen molar-refractivity contribution in [3.63, 3.8) is 0 Å². The van der Waals surface area contributed by atoms with Gasteiger partial charge in [-0.2, -0.15) is 5.26 Å². The van der Waals surface area contributed by atoms with Gasteiger partial charge in [-0.05, 0) is 62.0 Å². The van der Waals surface area contributed by atoms with Crippen molar-refractivity contribution in [1.29, 1.82) is 5.26 Å². The number of fused-ring (bicyclic) bond motifs is 1. The average molecular weight is 486 g/mol. The van der Waals surface area contributed by atoms with E-state index in [0.29, 0.717) is 51.4 Å². The third-order valence-corrected chi connectivity index (χ3v) is 6.41. The second-order valence-corrected chi connectivity index (χ2v) is 8.59. The highest BCUT2D eigenvalue weighted by molar-refractivity contribution is 6.35. The van der Waals surface area contributed by atoms with Gasteiger partial charge in [0.15, 0.2) is 0 Å². The average Bonchev–Trinajstić information content (AvgIpc) is 3.37. The number of amides is 2. The molecule has 7 nitrogen and oxygen atoms in total. The monoisotopic (exact) mass is 485 g/mol. The number of nitriles is 1. The molecule has 0 unspecified atom stereocenters. The number of hydrogen-bond acceptors (Lipinski definition) is 4. The molecule has 0 radical (unpaired) electrons. The Morgan fingerprint density at radius 2 is 1.89 bits per heavy atom. The molecule has 1 aliphatic rings. The molecule has 3 N–H and O–H groups in total. The van der Waals surface area contributed by atoms with Gasteiger partial charge in [-0.15, -0.1) is 0 Å². The molecule has 184 valence electrons. The van der Waals surface area contributed by atoms with Crippen LogP contribution in [0.1, 0.15) is 46.7 Å². The number of aromatic amines is 1. The van der Waals surface area contributed by atoms with Crippen molar-refractivity contribution in [1.82, 2.24) is 15.2 Å². The van der Waals surface area contributed by atoms with E-state index in [-0.39, 0.29) is 11.8 Å². The van der Waals surface area contributed by atoms with E-state index in [1.165, 1.54) is 18.2 Å². The Balaban J connectivity index is 1.79. The zero-order chi connectivity index (χ0) is 25.8. The first-order valence-electron chi connectivity index (χ1n) is 11.9. The quantitative estimate of drug-likeness (QED) is 0.407. The summed E-state index contributed by atoms with van der Waals surface area (Å²) in [4.78, 5) is 31.5. The molecule has 2 heterocycles. The van der Waals surface area contributed by atoms with E-state index in [9.17, 15) is 19.2 Å². The standard InChI is InChI=1S/C28H28FN5O2/c1-4-34(5-2)13-12-31-28(36)25-17(3)32-24(26(25)19-8-6-18(16-30)7-9-19)15-22-21-14-20(29)10-11-23(21)33-27(22)35/h6-11,14-15,32H,4-5,12-13H2,1-3H3,(H,31,36)(H,33,35)/b22-15-. The van der Waals surface area contributed by atoms with Crippen LogP contribution in [0.5, 0.6) is 0 Å². The maximum atomic E-state index is 14.0. The number of likely N-dealkylation sites (N-methyl/N-ethyl adjacent to an activating group) is 1. The third kappa shape index (κ3) is 4.92. The number of H-pyrrole nitrogens is 1. The SMILES string of the molecule is CCN(CC)CCNC(=O)c1c(C)[nH]c(/C=C2\C(=O)Nc3ccc(F)cc32)c1-c1ccc(C#N)cc1. The number of benzene rings is 2. The largest absolute Gasteiger partial charge is 0.358 e. The number of nitrogens with zero attached hydrogens (tertiary/aromatic N) is 2. The maximum absolute atomic E-state index is 14.0. The Labute approximate surface area is 209 Å². The highest BCUT2D eigenvalue weighted by Crippen LogP contribution is 2.37. The number of hydrogen-bond donors (Lipinski definition) is 3. The molecule has 0 aliphatic carbocycles. The second kappa shape index (κ2) is 10.6. The van der Waals surface area contributed by atoms with Crippen molar-refractivity contribution >= 4 is 29.2 Å². The van der Waals surface area contributed by atoms with Crippen LogP contribution in [0.15, 0.2) is 42.5 Å². The summed E-state index contributed by atoms with van der Waals surface area (Å²) in [6.45, 7) is 8.97. The lowest BCUT2D eigenvalue weighted by molar-refractivity contribution is -0.110. The van der Waals surface area contributed by atoms with Crippen LogP contribution in [0.2, 0.25) is 0 Å². The number of aromatic nitrogens is 1. The van der Waals surface area contributed by atoms with E-state index >= 15 is 0 Å². The van der Waals surface area contributed by atoms with E-state index in [4.69, 9.17) is 0 Å². The first kappa shape index (κ1) is 24.9. The first-order valence-corrected chi connectivity index (χ1v) is 11.9. The lowest BCUT2D eigenvalue weighted by atomic mass is 9.96. The zero-order valence-corrected chi connectivity index (χ0v) is 20.5. The van der Waals surface area contributed by atoms with Gasteiger partial charge in [-0.3, -0.25) is 9.59 Å². The maximum Gasteiger partial charge on any atom is 0.256 e. The number of rotatable bonds is 8. The molecular weight excluding hydrogens is 457 g/mol. The molecule has 1 aliphatic heterocycles. The highest BCUT2D eigenvalue weighted by atomic mass is 19.1.